The molecule has 0 saturated carbocycles. The Morgan fingerprint density at radius 3 is 2.57 bits per heavy atom. The van der Waals surface area contributed by atoms with Crippen molar-refractivity contribution in [3.63, 3.8) is 0 Å². The highest BCUT2D eigenvalue weighted by molar-refractivity contribution is 7.47. The smallest absolute Gasteiger partial charge is 0.394 e. The van der Waals surface area contributed by atoms with E-state index in [9.17, 15) is 9.36 Å². The lowest BCUT2D eigenvalue weighted by Crippen LogP contribution is -2.26. The lowest BCUT2D eigenvalue weighted by Gasteiger charge is -2.11. The molecule has 3 N–H and O–H groups in total. The van der Waals surface area contributed by atoms with Crippen LogP contribution in [0.25, 0.3) is 10.4 Å². The maximum absolute atomic E-state index is 11.2. The van der Waals surface area contributed by atoms with Crippen molar-refractivity contribution in [2.24, 2.45) is 5.11 Å². The molecule has 0 radical (unpaired) electrons. The van der Waals surface area contributed by atoms with E-state index in [1.165, 1.54) is 0 Å². The summed E-state index contributed by atoms with van der Waals surface area (Å²) in [6.07, 6.45) is 2.92. The van der Waals surface area contributed by atoms with Gasteiger partial charge in [-0.05, 0) is 18.4 Å². The zero-order valence-corrected chi connectivity index (χ0v) is 12.6. The van der Waals surface area contributed by atoms with Gasteiger partial charge in [0, 0.05) is 11.5 Å². The van der Waals surface area contributed by atoms with Crippen molar-refractivity contribution >= 4 is 13.7 Å². The third-order valence-corrected chi connectivity index (χ3v) is 3.29. The maximum atomic E-state index is 11.2. The summed E-state index contributed by atoms with van der Waals surface area (Å²) in [5, 5.41) is 14.2. The number of rotatable bonds is 13. The zero-order chi connectivity index (χ0) is 16.0. The fourth-order valence-corrected chi connectivity index (χ4v) is 2.08. The first-order chi connectivity index (χ1) is 10.0. The van der Waals surface area contributed by atoms with Crippen LogP contribution in [-0.4, -0.2) is 48.8 Å². The van der Waals surface area contributed by atoms with Crippen LogP contribution in [0, 0.1) is 0 Å². The van der Waals surface area contributed by atoms with Crippen molar-refractivity contribution in [1.29, 1.82) is 0 Å². The van der Waals surface area contributed by atoms with Gasteiger partial charge in [-0.1, -0.05) is 18.0 Å². The van der Waals surface area contributed by atoms with E-state index in [1.807, 2.05) is 0 Å². The van der Waals surface area contributed by atoms with Crippen molar-refractivity contribution in [3.8, 4) is 0 Å². The third-order valence-electron chi connectivity index (χ3n) is 2.27. The van der Waals surface area contributed by atoms with E-state index in [0.717, 1.165) is 19.3 Å². The minimum absolute atomic E-state index is 0.0858. The molecule has 1 atom stereocenters. The normalized spacial score (nSPS) is 13.2. The number of carbonyl (C=O) groups excluding carboxylic acids is 1. The van der Waals surface area contributed by atoms with Gasteiger partial charge in [-0.3, -0.25) is 13.8 Å². The van der Waals surface area contributed by atoms with Crippen molar-refractivity contribution in [2.45, 2.75) is 25.7 Å². The highest BCUT2D eigenvalue weighted by Gasteiger charge is 2.19. The predicted octanol–water partition coefficient (Wildman–Crippen LogP) is 1.10. The van der Waals surface area contributed by atoms with E-state index in [1.54, 1.807) is 0 Å². The summed E-state index contributed by atoms with van der Waals surface area (Å²) in [4.78, 5) is 22.7. The first kappa shape index (κ1) is 19.9. The second-order valence-corrected chi connectivity index (χ2v) is 5.47. The monoisotopic (exact) mass is 324 g/mol. The largest absolute Gasteiger partial charge is 0.472 e. The van der Waals surface area contributed by atoms with Gasteiger partial charge in [-0.15, -0.1) is 0 Å². The van der Waals surface area contributed by atoms with Crippen LogP contribution in [0.1, 0.15) is 25.7 Å². The van der Waals surface area contributed by atoms with E-state index in [-0.39, 0.29) is 32.3 Å². The maximum Gasteiger partial charge on any atom is 0.472 e. The van der Waals surface area contributed by atoms with E-state index in [0.29, 0.717) is 13.0 Å². The molecule has 0 aliphatic carbocycles. The molecule has 0 fully saturated rings. The van der Waals surface area contributed by atoms with Crippen LogP contribution < -0.4 is 5.32 Å². The van der Waals surface area contributed by atoms with Gasteiger partial charge in [0.2, 0.25) is 5.91 Å². The summed E-state index contributed by atoms with van der Waals surface area (Å²) < 4.78 is 20.3. The van der Waals surface area contributed by atoms with Crippen LogP contribution in [0.15, 0.2) is 5.11 Å². The van der Waals surface area contributed by atoms with E-state index in [4.69, 9.17) is 15.5 Å². The number of carbonyl (C=O) groups is 1. The molecule has 0 spiro atoms. The van der Waals surface area contributed by atoms with E-state index < -0.39 is 7.82 Å². The van der Waals surface area contributed by atoms with E-state index >= 15 is 0 Å². The fraction of sp³-hybridized carbons (Fsp3) is 0.900. The SMILES string of the molecule is [N-]=[N+]=NCC(=O)NCCCCCCOP(=O)(O)OCCO. The molecule has 0 heterocycles. The minimum Gasteiger partial charge on any atom is -0.394 e. The number of nitrogens with zero attached hydrogens (tertiary/aromatic N) is 3. The summed E-state index contributed by atoms with van der Waals surface area (Å²) >= 11 is 0. The average Bonchev–Trinajstić information content (AvgIpc) is 2.45. The Morgan fingerprint density at radius 1 is 1.24 bits per heavy atom. The summed E-state index contributed by atoms with van der Waals surface area (Å²) in [6, 6.07) is 0. The van der Waals surface area contributed by atoms with E-state index in [2.05, 4.69) is 24.4 Å². The van der Waals surface area contributed by atoms with Gasteiger partial charge in [0.1, 0.15) is 6.54 Å². The molecule has 1 amide bonds. The molecule has 0 aromatic heterocycles. The number of aliphatic hydroxyl groups excluding tert-OH is 1. The number of hydrogen-bond donors (Lipinski definition) is 3. The Morgan fingerprint density at radius 2 is 1.90 bits per heavy atom. The molecule has 10 nitrogen and oxygen atoms in total. The van der Waals surface area contributed by atoms with Crippen LogP contribution >= 0.6 is 7.82 Å². The first-order valence-electron chi connectivity index (χ1n) is 6.52. The van der Waals surface area contributed by atoms with Crippen molar-refractivity contribution in [1.82, 2.24) is 5.32 Å². The van der Waals surface area contributed by atoms with Crippen molar-refractivity contribution < 1.29 is 28.4 Å². The summed E-state index contributed by atoms with van der Waals surface area (Å²) in [6.45, 7) is -0.228. The quantitative estimate of drug-likeness (QED) is 0.151. The van der Waals surface area contributed by atoms with Gasteiger partial charge in [-0.2, -0.15) is 0 Å². The molecule has 0 rings (SSSR count). The Labute approximate surface area is 122 Å². The zero-order valence-electron chi connectivity index (χ0n) is 11.7. The van der Waals surface area contributed by atoms with Crippen LogP contribution in [0.5, 0.6) is 0 Å². The first-order valence-corrected chi connectivity index (χ1v) is 8.01. The van der Waals surface area contributed by atoms with Crippen molar-refractivity contribution in [2.75, 3.05) is 32.9 Å². The molecule has 11 heteroatoms. The molecule has 0 aliphatic rings. The van der Waals surface area contributed by atoms with Gasteiger partial charge in [0.25, 0.3) is 0 Å². The molecule has 1 unspecified atom stereocenters. The van der Waals surface area contributed by atoms with Crippen LogP contribution in [0.4, 0.5) is 0 Å². The van der Waals surface area contributed by atoms with Gasteiger partial charge in [0.15, 0.2) is 0 Å². The standard InChI is InChI=1S/C10H21N4O6P/c11-14-13-9-10(16)12-5-3-1-2-4-7-19-21(17,18)20-8-6-15/h15H,1-9H2,(H,12,16)(H,17,18). The van der Waals surface area contributed by atoms with Crippen LogP contribution in [-0.2, 0) is 18.4 Å². The lowest BCUT2D eigenvalue weighted by atomic mass is 10.2. The summed E-state index contributed by atoms with van der Waals surface area (Å²) in [5.41, 5.74) is 8.02. The predicted molar refractivity (Wildman–Crippen MR) is 74.3 cm³/mol. The molecule has 122 valence electrons. The summed E-state index contributed by atoms with van der Waals surface area (Å²) in [5.74, 6) is -0.321. The number of unbranched alkanes of at least 4 members (excludes halogenated alkanes) is 3. The Kier molecular flexibility index (Phi) is 11.9. The van der Waals surface area contributed by atoms with Gasteiger partial charge >= 0.3 is 7.82 Å². The number of aliphatic hydroxyl groups is 1. The second kappa shape index (κ2) is 12.6. The summed E-state index contributed by atoms with van der Waals surface area (Å²) in [7, 11) is -4.05. The molecule has 0 aromatic rings. The number of nitrogens with one attached hydrogen (secondary N) is 1. The number of phosphoric acid groups is 1. The molecule has 0 aromatic carbocycles. The number of hydrogen-bond acceptors (Lipinski definition) is 6. The third kappa shape index (κ3) is 13.6. The highest BCUT2D eigenvalue weighted by Crippen LogP contribution is 2.42. The van der Waals surface area contributed by atoms with Crippen LogP contribution in [0.3, 0.4) is 0 Å². The molecular formula is C10H21N4O6P. The molecule has 21 heavy (non-hydrogen) atoms. The lowest BCUT2D eigenvalue weighted by molar-refractivity contribution is -0.119. The van der Waals surface area contributed by atoms with Gasteiger partial charge < -0.3 is 15.3 Å². The van der Waals surface area contributed by atoms with Gasteiger partial charge in [-0.25, -0.2) is 4.57 Å². The molecule has 0 bridgehead atoms. The number of amides is 1. The second-order valence-electron chi connectivity index (χ2n) is 4.01. The topological polar surface area (TPSA) is 154 Å². The Hall–Kier alpha value is -1.15. The number of azide groups is 1. The Bertz CT molecular complexity index is 388. The molecular weight excluding hydrogens is 303 g/mol. The average molecular weight is 324 g/mol. The fourth-order valence-electron chi connectivity index (χ4n) is 1.33. The number of phosphoric ester groups is 1. The highest BCUT2D eigenvalue weighted by atomic mass is 31.2. The molecule has 0 saturated heterocycles. The molecule has 0 aliphatic heterocycles. The minimum atomic E-state index is -4.05. The van der Waals surface area contributed by atoms with Crippen LogP contribution in [0.2, 0.25) is 0 Å². The van der Waals surface area contributed by atoms with Gasteiger partial charge in [0.05, 0.1) is 19.8 Å². The van der Waals surface area contributed by atoms with Crippen molar-refractivity contribution in [3.05, 3.63) is 10.4 Å². The Balaban J connectivity index is 3.42.